The Labute approximate surface area is 135 Å². The average molecular weight is 377 g/mol. The van der Waals surface area contributed by atoms with E-state index in [0.29, 0.717) is 13.2 Å². The monoisotopic (exact) mass is 376 g/mol. The fourth-order valence-corrected chi connectivity index (χ4v) is 1.52. The average Bonchev–Trinajstić information content (AvgIpc) is 2.46. The van der Waals surface area contributed by atoms with Crippen molar-refractivity contribution in [2.24, 2.45) is 0 Å². The van der Waals surface area contributed by atoms with Gasteiger partial charge in [0.05, 0.1) is 18.8 Å². The zero-order chi connectivity index (χ0) is 17.0. The lowest BCUT2D eigenvalue weighted by atomic mass is 10.3. The molecule has 0 spiro atoms. The molecule has 0 aliphatic heterocycles. The summed E-state index contributed by atoms with van der Waals surface area (Å²) in [5.74, 6) is -3.71. The van der Waals surface area contributed by atoms with E-state index in [9.17, 15) is 4.79 Å². The largest absolute Gasteiger partial charge is 0.473 e. The van der Waals surface area contributed by atoms with Crippen LogP contribution < -0.4 is 10.6 Å². The number of carboxylic acids is 2. The first-order chi connectivity index (χ1) is 10.4. The summed E-state index contributed by atoms with van der Waals surface area (Å²) in [5, 5.41) is 20.6. The highest BCUT2D eigenvalue weighted by Crippen LogP contribution is 2.20. The van der Waals surface area contributed by atoms with E-state index in [1.54, 1.807) is 7.11 Å². The normalized spacial score (nSPS) is 9.36. The third kappa shape index (κ3) is 9.86. The van der Waals surface area contributed by atoms with Gasteiger partial charge in [0.1, 0.15) is 0 Å². The molecule has 0 unspecified atom stereocenters. The lowest BCUT2D eigenvalue weighted by Gasteiger charge is -2.07. The number of amides is 1. The second kappa shape index (κ2) is 11.7. The van der Waals surface area contributed by atoms with E-state index in [1.807, 2.05) is 24.3 Å². The smallest absolute Gasteiger partial charge is 0.414 e. The minimum atomic E-state index is -1.82. The van der Waals surface area contributed by atoms with Gasteiger partial charge in [-0.2, -0.15) is 0 Å². The molecule has 0 saturated heterocycles. The van der Waals surface area contributed by atoms with Crippen LogP contribution in [0.2, 0.25) is 0 Å². The predicted molar refractivity (Wildman–Crippen MR) is 82.8 cm³/mol. The Morgan fingerprint density at radius 1 is 1.18 bits per heavy atom. The molecule has 0 saturated carbocycles. The van der Waals surface area contributed by atoms with Crippen LogP contribution in [0.3, 0.4) is 0 Å². The summed E-state index contributed by atoms with van der Waals surface area (Å²) < 4.78 is 5.73. The number of hydrogen-bond acceptors (Lipinski definition) is 5. The molecule has 0 heterocycles. The number of para-hydroxylation sites is 1. The van der Waals surface area contributed by atoms with Gasteiger partial charge in [0, 0.05) is 18.1 Å². The molecule has 0 aliphatic rings. The van der Waals surface area contributed by atoms with Gasteiger partial charge in [-0.25, -0.2) is 9.59 Å². The molecule has 0 radical (unpaired) electrons. The molecule has 0 atom stereocenters. The van der Waals surface area contributed by atoms with Gasteiger partial charge in [0.2, 0.25) is 5.91 Å². The molecule has 0 bridgehead atoms. The van der Waals surface area contributed by atoms with Gasteiger partial charge < -0.3 is 25.6 Å². The molecular weight excluding hydrogens is 360 g/mol. The molecule has 1 aromatic rings. The van der Waals surface area contributed by atoms with Crippen molar-refractivity contribution in [3.05, 3.63) is 28.7 Å². The van der Waals surface area contributed by atoms with Gasteiger partial charge in [-0.05, 0) is 28.1 Å². The quantitative estimate of drug-likeness (QED) is 0.427. The SMILES string of the molecule is COCCNCC(=O)Nc1ccccc1Br.O=C(O)C(=O)O. The Kier molecular flexibility index (Phi) is 10.6. The standard InChI is InChI=1S/C11H15BrN2O2.C2H2O4/c1-16-7-6-13-8-11(15)14-10-5-3-2-4-9(10)12;3-1(4)2(5)6/h2-5,13H,6-8H2,1H3,(H,14,15);(H,3,4)(H,5,6). The van der Waals surface area contributed by atoms with E-state index in [4.69, 9.17) is 24.5 Å². The molecule has 0 aliphatic carbocycles. The number of aliphatic carboxylic acids is 2. The number of carbonyl (C=O) groups is 3. The third-order valence-electron chi connectivity index (χ3n) is 2.10. The molecule has 22 heavy (non-hydrogen) atoms. The Morgan fingerprint density at radius 2 is 1.77 bits per heavy atom. The van der Waals surface area contributed by atoms with Crippen LogP contribution in [0, 0.1) is 0 Å². The fraction of sp³-hybridized carbons (Fsp3) is 0.308. The molecule has 9 heteroatoms. The van der Waals surface area contributed by atoms with Crippen molar-refractivity contribution in [2.45, 2.75) is 0 Å². The zero-order valence-corrected chi connectivity index (χ0v) is 13.4. The number of hydrogen-bond donors (Lipinski definition) is 4. The highest BCUT2D eigenvalue weighted by Gasteiger charge is 2.04. The van der Waals surface area contributed by atoms with Crippen molar-refractivity contribution in [3.63, 3.8) is 0 Å². The summed E-state index contributed by atoms with van der Waals surface area (Å²) in [7, 11) is 1.63. The number of nitrogens with one attached hydrogen (secondary N) is 2. The molecule has 0 aromatic heterocycles. The van der Waals surface area contributed by atoms with E-state index >= 15 is 0 Å². The van der Waals surface area contributed by atoms with Crippen molar-refractivity contribution < 1.29 is 29.3 Å². The number of halogens is 1. The molecular formula is C13H17BrN2O6. The summed E-state index contributed by atoms with van der Waals surface area (Å²) in [6.45, 7) is 1.55. The Morgan fingerprint density at radius 3 is 2.27 bits per heavy atom. The van der Waals surface area contributed by atoms with Crippen molar-refractivity contribution in [3.8, 4) is 0 Å². The number of benzene rings is 1. The summed E-state index contributed by atoms with van der Waals surface area (Å²) in [6.07, 6.45) is 0. The second-order valence-corrected chi connectivity index (χ2v) is 4.66. The summed E-state index contributed by atoms with van der Waals surface area (Å²) in [4.78, 5) is 29.7. The predicted octanol–water partition coefficient (Wildman–Crippen LogP) is 0.779. The van der Waals surface area contributed by atoms with Crippen LogP contribution in [-0.2, 0) is 19.1 Å². The van der Waals surface area contributed by atoms with Crippen LogP contribution in [0.25, 0.3) is 0 Å². The maximum absolute atomic E-state index is 11.5. The lowest BCUT2D eigenvalue weighted by molar-refractivity contribution is -0.159. The molecule has 1 rings (SSSR count). The van der Waals surface area contributed by atoms with E-state index < -0.39 is 11.9 Å². The minimum Gasteiger partial charge on any atom is -0.473 e. The topological polar surface area (TPSA) is 125 Å². The first kappa shape index (κ1) is 20.0. The van der Waals surface area contributed by atoms with Crippen LogP contribution >= 0.6 is 15.9 Å². The molecule has 0 fully saturated rings. The van der Waals surface area contributed by atoms with Crippen LogP contribution in [0.15, 0.2) is 28.7 Å². The third-order valence-corrected chi connectivity index (χ3v) is 2.79. The summed E-state index contributed by atoms with van der Waals surface area (Å²) in [6, 6.07) is 7.50. The van der Waals surface area contributed by atoms with Gasteiger partial charge in [0.25, 0.3) is 0 Å². The minimum absolute atomic E-state index is 0.0667. The van der Waals surface area contributed by atoms with Gasteiger partial charge in [0.15, 0.2) is 0 Å². The summed E-state index contributed by atoms with van der Waals surface area (Å²) in [5.41, 5.74) is 0.779. The molecule has 1 amide bonds. The number of rotatable bonds is 6. The van der Waals surface area contributed by atoms with Crippen LogP contribution in [-0.4, -0.2) is 54.9 Å². The Balaban J connectivity index is 0.000000626. The summed E-state index contributed by atoms with van der Waals surface area (Å²) >= 11 is 3.36. The molecule has 4 N–H and O–H groups in total. The van der Waals surface area contributed by atoms with Crippen LogP contribution in [0.1, 0.15) is 0 Å². The maximum atomic E-state index is 11.5. The Hall–Kier alpha value is -1.97. The highest BCUT2D eigenvalue weighted by atomic mass is 79.9. The lowest BCUT2D eigenvalue weighted by Crippen LogP contribution is -2.30. The molecule has 8 nitrogen and oxygen atoms in total. The molecule has 122 valence electrons. The van der Waals surface area contributed by atoms with Gasteiger partial charge in [-0.3, -0.25) is 4.79 Å². The van der Waals surface area contributed by atoms with Crippen molar-refractivity contribution >= 4 is 39.5 Å². The number of carbonyl (C=O) groups excluding carboxylic acids is 1. The van der Waals surface area contributed by atoms with Crippen LogP contribution in [0.4, 0.5) is 5.69 Å². The van der Waals surface area contributed by atoms with E-state index in [1.165, 1.54) is 0 Å². The van der Waals surface area contributed by atoms with Gasteiger partial charge >= 0.3 is 11.9 Å². The zero-order valence-electron chi connectivity index (χ0n) is 11.8. The maximum Gasteiger partial charge on any atom is 0.414 e. The first-order valence-corrected chi connectivity index (χ1v) is 6.88. The number of methoxy groups -OCH3 is 1. The highest BCUT2D eigenvalue weighted by molar-refractivity contribution is 9.10. The van der Waals surface area contributed by atoms with Crippen molar-refractivity contribution in [2.75, 3.05) is 32.1 Å². The van der Waals surface area contributed by atoms with Crippen LogP contribution in [0.5, 0.6) is 0 Å². The van der Waals surface area contributed by atoms with E-state index in [2.05, 4.69) is 26.6 Å². The Bertz CT molecular complexity index is 497. The molecule has 1 aromatic carbocycles. The number of anilines is 1. The number of carboxylic acid groups (broad SMARTS) is 2. The van der Waals surface area contributed by atoms with Crippen molar-refractivity contribution in [1.82, 2.24) is 5.32 Å². The fourth-order valence-electron chi connectivity index (χ4n) is 1.13. The first-order valence-electron chi connectivity index (χ1n) is 6.08. The van der Waals surface area contributed by atoms with Crippen molar-refractivity contribution in [1.29, 1.82) is 0 Å². The number of ether oxygens (including phenoxy) is 1. The van der Waals surface area contributed by atoms with Gasteiger partial charge in [-0.1, -0.05) is 12.1 Å². The van der Waals surface area contributed by atoms with E-state index in [-0.39, 0.29) is 12.5 Å². The van der Waals surface area contributed by atoms with Gasteiger partial charge in [-0.15, -0.1) is 0 Å². The second-order valence-electron chi connectivity index (χ2n) is 3.81. The van der Waals surface area contributed by atoms with E-state index in [0.717, 1.165) is 10.2 Å².